The summed E-state index contributed by atoms with van der Waals surface area (Å²) in [5.74, 6) is 1.40. The van der Waals surface area contributed by atoms with Crippen molar-refractivity contribution in [1.29, 1.82) is 0 Å². The van der Waals surface area contributed by atoms with Gasteiger partial charge in [-0.1, -0.05) is 23.8 Å². The molecule has 134 valence electrons. The Hall–Kier alpha value is -3.40. The number of hydrogen-bond acceptors (Lipinski definition) is 3. The first-order valence-corrected chi connectivity index (χ1v) is 8.86. The summed E-state index contributed by atoms with van der Waals surface area (Å²) in [6.45, 7) is 6.11. The van der Waals surface area contributed by atoms with Crippen LogP contribution < -0.4 is 10.1 Å². The lowest BCUT2D eigenvalue weighted by Gasteiger charge is -2.10. The molecule has 3 aromatic rings. The van der Waals surface area contributed by atoms with Crippen LogP contribution in [0.25, 0.3) is 0 Å². The molecule has 0 aromatic heterocycles. The minimum Gasteiger partial charge on any atom is -0.457 e. The molecule has 0 saturated heterocycles. The Bertz CT molecular complexity index is 1070. The van der Waals surface area contributed by atoms with Gasteiger partial charge in [-0.3, -0.25) is 4.79 Å². The first kappa shape index (κ1) is 17.0. The Balaban J connectivity index is 1.60. The molecule has 27 heavy (non-hydrogen) atoms. The summed E-state index contributed by atoms with van der Waals surface area (Å²) in [7, 11) is 0. The number of aryl methyl sites for hydroxylation is 2. The summed E-state index contributed by atoms with van der Waals surface area (Å²) >= 11 is 0. The van der Waals surface area contributed by atoms with E-state index in [9.17, 15) is 4.79 Å². The van der Waals surface area contributed by atoms with Crippen LogP contribution in [-0.4, -0.2) is 11.6 Å². The highest BCUT2D eigenvalue weighted by molar-refractivity contribution is 6.54. The van der Waals surface area contributed by atoms with Crippen LogP contribution in [0.15, 0.2) is 65.7 Å². The van der Waals surface area contributed by atoms with Gasteiger partial charge in [-0.2, -0.15) is 0 Å². The number of ether oxygens (including phenoxy) is 1. The van der Waals surface area contributed by atoms with E-state index in [1.807, 2.05) is 68.4 Å². The first-order valence-electron chi connectivity index (χ1n) is 8.86. The van der Waals surface area contributed by atoms with Gasteiger partial charge < -0.3 is 10.1 Å². The highest BCUT2D eigenvalue weighted by Crippen LogP contribution is 2.30. The third-order valence-corrected chi connectivity index (χ3v) is 4.75. The van der Waals surface area contributed by atoms with E-state index in [0.717, 1.165) is 33.9 Å². The van der Waals surface area contributed by atoms with Gasteiger partial charge in [0.15, 0.2) is 0 Å². The summed E-state index contributed by atoms with van der Waals surface area (Å²) in [6.07, 6.45) is 0. The van der Waals surface area contributed by atoms with Crippen molar-refractivity contribution in [2.24, 2.45) is 4.99 Å². The molecule has 1 amide bonds. The average Bonchev–Trinajstić information content (AvgIpc) is 2.95. The Morgan fingerprint density at radius 2 is 1.70 bits per heavy atom. The van der Waals surface area contributed by atoms with Gasteiger partial charge in [0.05, 0.1) is 11.4 Å². The van der Waals surface area contributed by atoms with Crippen molar-refractivity contribution >= 4 is 23.0 Å². The number of carbonyl (C=O) groups excluding carboxylic acids is 1. The smallest absolute Gasteiger partial charge is 0.275 e. The lowest BCUT2D eigenvalue weighted by atomic mass is 10.1. The predicted octanol–water partition coefficient (Wildman–Crippen LogP) is 5.48. The van der Waals surface area contributed by atoms with Gasteiger partial charge in [-0.25, -0.2) is 4.99 Å². The molecule has 0 radical (unpaired) electrons. The van der Waals surface area contributed by atoms with Gasteiger partial charge in [-0.15, -0.1) is 0 Å². The van der Waals surface area contributed by atoms with Gasteiger partial charge in [0.25, 0.3) is 5.91 Å². The maximum atomic E-state index is 12.3. The first-order chi connectivity index (χ1) is 13.0. The van der Waals surface area contributed by atoms with Crippen LogP contribution in [0.2, 0.25) is 0 Å². The van der Waals surface area contributed by atoms with E-state index in [0.29, 0.717) is 11.4 Å². The summed E-state index contributed by atoms with van der Waals surface area (Å²) in [5.41, 5.74) is 6.21. The number of rotatable bonds is 3. The van der Waals surface area contributed by atoms with E-state index >= 15 is 0 Å². The molecule has 4 nitrogen and oxygen atoms in total. The molecular weight excluding hydrogens is 336 g/mol. The summed E-state index contributed by atoms with van der Waals surface area (Å²) in [5, 5.41) is 2.86. The van der Waals surface area contributed by atoms with Gasteiger partial charge in [0.1, 0.15) is 17.2 Å². The molecule has 1 heterocycles. The minimum absolute atomic E-state index is 0.175. The third kappa shape index (κ3) is 3.34. The molecule has 1 N–H and O–H groups in total. The molecule has 1 aliphatic rings. The van der Waals surface area contributed by atoms with Crippen molar-refractivity contribution in [3.8, 4) is 11.5 Å². The number of benzene rings is 3. The molecule has 0 spiro atoms. The molecule has 1 aliphatic heterocycles. The molecule has 0 aliphatic carbocycles. The largest absolute Gasteiger partial charge is 0.457 e. The lowest BCUT2D eigenvalue weighted by molar-refractivity contribution is -0.110. The van der Waals surface area contributed by atoms with Crippen molar-refractivity contribution in [1.82, 2.24) is 0 Å². The number of nitrogens with zero attached hydrogens (tertiary/aromatic N) is 1. The number of nitrogens with one attached hydrogen (secondary N) is 1. The molecular formula is C23H20N2O2. The normalized spacial score (nSPS) is 14.2. The summed E-state index contributed by atoms with van der Waals surface area (Å²) in [4.78, 5) is 16.8. The van der Waals surface area contributed by atoms with Crippen LogP contribution in [-0.2, 0) is 4.79 Å². The number of amides is 1. The standard InChI is InChI=1S/C23H20N2O2/c1-14-7-12-20-19(13-14)22(23(26)25-20)24-17-8-10-18(11-9-17)27-21-6-4-5-15(2)16(21)3/h4-13H,1-3H3,(H,24,25,26). The zero-order valence-electron chi connectivity index (χ0n) is 15.5. The van der Waals surface area contributed by atoms with Crippen LogP contribution in [0.3, 0.4) is 0 Å². The molecule has 4 heteroatoms. The Morgan fingerprint density at radius 1 is 0.926 bits per heavy atom. The van der Waals surface area contributed by atoms with E-state index in [1.165, 1.54) is 5.56 Å². The Labute approximate surface area is 158 Å². The highest BCUT2D eigenvalue weighted by atomic mass is 16.5. The molecule has 0 saturated carbocycles. The fraction of sp³-hybridized carbons (Fsp3) is 0.130. The zero-order chi connectivity index (χ0) is 19.0. The molecule has 0 atom stereocenters. The third-order valence-electron chi connectivity index (χ3n) is 4.75. The molecule has 0 fully saturated rings. The van der Waals surface area contributed by atoms with E-state index < -0.39 is 0 Å². The fourth-order valence-electron chi connectivity index (χ4n) is 3.06. The van der Waals surface area contributed by atoms with E-state index in [1.54, 1.807) is 0 Å². The minimum atomic E-state index is -0.175. The summed E-state index contributed by atoms with van der Waals surface area (Å²) < 4.78 is 5.98. The maximum Gasteiger partial charge on any atom is 0.275 e. The van der Waals surface area contributed by atoms with Crippen molar-refractivity contribution in [3.05, 3.63) is 82.9 Å². The van der Waals surface area contributed by atoms with Crippen LogP contribution in [0.4, 0.5) is 11.4 Å². The van der Waals surface area contributed by atoms with Crippen LogP contribution in [0.5, 0.6) is 11.5 Å². The van der Waals surface area contributed by atoms with Crippen molar-refractivity contribution < 1.29 is 9.53 Å². The van der Waals surface area contributed by atoms with Crippen LogP contribution in [0, 0.1) is 20.8 Å². The van der Waals surface area contributed by atoms with Crippen molar-refractivity contribution in [2.75, 3.05) is 5.32 Å². The fourth-order valence-corrected chi connectivity index (χ4v) is 3.06. The lowest BCUT2D eigenvalue weighted by Crippen LogP contribution is -2.13. The number of aliphatic imine (C=N–C) groups is 1. The number of carbonyl (C=O) groups is 1. The monoisotopic (exact) mass is 356 g/mol. The van der Waals surface area contributed by atoms with E-state index in [4.69, 9.17) is 4.74 Å². The quantitative estimate of drug-likeness (QED) is 0.676. The maximum absolute atomic E-state index is 12.3. The second-order valence-electron chi connectivity index (χ2n) is 6.76. The molecule has 0 bridgehead atoms. The molecule has 0 unspecified atom stereocenters. The Morgan fingerprint density at radius 3 is 2.48 bits per heavy atom. The molecule has 3 aromatic carbocycles. The highest BCUT2D eigenvalue weighted by Gasteiger charge is 2.25. The van der Waals surface area contributed by atoms with Crippen molar-refractivity contribution in [3.63, 3.8) is 0 Å². The van der Waals surface area contributed by atoms with Crippen LogP contribution >= 0.6 is 0 Å². The van der Waals surface area contributed by atoms with Crippen molar-refractivity contribution in [2.45, 2.75) is 20.8 Å². The second kappa shape index (κ2) is 6.72. The van der Waals surface area contributed by atoms with Gasteiger partial charge >= 0.3 is 0 Å². The van der Waals surface area contributed by atoms with E-state index in [-0.39, 0.29) is 5.91 Å². The number of anilines is 1. The van der Waals surface area contributed by atoms with E-state index in [2.05, 4.69) is 23.3 Å². The average molecular weight is 356 g/mol. The van der Waals surface area contributed by atoms with Gasteiger partial charge in [-0.05, 0) is 74.4 Å². The summed E-state index contributed by atoms with van der Waals surface area (Å²) in [6, 6.07) is 19.3. The zero-order valence-corrected chi connectivity index (χ0v) is 15.5. The Kier molecular flexibility index (Phi) is 4.24. The predicted molar refractivity (Wildman–Crippen MR) is 108 cm³/mol. The van der Waals surface area contributed by atoms with Gasteiger partial charge in [0.2, 0.25) is 0 Å². The molecule has 4 rings (SSSR count). The number of hydrogen-bond donors (Lipinski definition) is 1. The van der Waals surface area contributed by atoms with Gasteiger partial charge in [0, 0.05) is 5.56 Å². The number of fused-ring (bicyclic) bond motifs is 1. The second-order valence-corrected chi connectivity index (χ2v) is 6.76. The van der Waals surface area contributed by atoms with Crippen LogP contribution in [0.1, 0.15) is 22.3 Å². The SMILES string of the molecule is Cc1ccc2c(c1)C(=Nc1ccc(Oc3cccc(C)c3C)cc1)C(=O)N2. The topological polar surface area (TPSA) is 50.7 Å².